The summed E-state index contributed by atoms with van der Waals surface area (Å²) < 4.78 is 10.2. The molecule has 2 aromatic carbocycles. The SMILES string of the molecule is COc1ccc(OC(=O)Nc2ccc3c(c2O)C(=O)C2=C(O)[C@]4(O)C(=O)C(C(N)=O)=C(O)C[C@@H]4C[C@@H]2C3)cc1. The van der Waals surface area contributed by atoms with E-state index in [9.17, 15) is 39.6 Å². The van der Waals surface area contributed by atoms with Gasteiger partial charge in [0.2, 0.25) is 5.78 Å². The first-order valence-electron chi connectivity index (χ1n) is 11.9. The Kier molecular flexibility index (Phi) is 6.06. The van der Waals surface area contributed by atoms with Gasteiger partial charge in [0.15, 0.2) is 17.1 Å². The Labute approximate surface area is 221 Å². The number of nitrogens with two attached hydrogens (primary N) is 1. The van der Waals surface area contributed by atoms with Gasteiger partial charge >= 0.3 is 6.09 Å². The largest absolute Gasteiger partial charge is 0.511 e. The molecule has 39 heavy (non-hydrogen) atoms. The number of aromatic hydroxyl groups is 1. The van der Waals surface area contributed by atoms with Crippen LogP contribution in [0.2, 0.25) is 0 Å². The number of anilines is 1. The highest BCUT2D eigenvalue weighted by atomic mass is 16.6. The standard InChI is InChI=1S/C27H24N2O10/c1-38-14-3-5-15(6-4-14)39-26(36)29-16-7-2-11-8-12-9-13-10-17(30)20(25(28)35)24(34)27(13,37)23(33)19(12)22(32)18(11)21(16)31/h2-7,12-13,30-31,33,37H,8-10H2,1H3,(H2,28,35)(H,29,36)/t12-,13-,27-/m0/s1. The van der Waals surface area contributed by atoms with Crippen molar-refractivity contribution < 1.29 is 49.1 Å². The van der Waals surface area contributed by atoms with Gasteiger partial charge in [0, 0.05) is 17.9 Å². The van der Waals surface area contributed by atoms with Crippen LogP contribution in [0.5, 0.6) is 17.2 Å². The number of ether oxygens (including phenoxy) is 2. The predicted molar refractivity (Wildman–Crippen MR) is 133 cm³/mol. The molecule has 0 fully saturated rings. The molecule has 3 aliphatic carbocycles. The van der Waals surface area contributed by atoms with E-state index in [1.807, 2.05) is 0 Å². The topological polar surface area (TPSA) is 206 Å². The van der Waals surface area contributed by atoms with Crippen LogP contribution in [0.3, 0.4) is 0 Å². The fraction of sp³-hybridized carbons (Fsp3) is 0.259. The van der Waals surface area contributed by atoms with Crippen LogP contribution >= 0.6 is 0 Å². The zero-order valence-electron chi connectivity index (χ0n) is 20.6. The minimum absolute atomic E-state index is 0.0257. The lowest BCUT2D eigenvalue weighted by Gasteiger charge is -2.45. The molecular formula is C27H24N2O10. The molecule has 3 atom stereocenters. The van der Waals surface area contributed by atoms with Crippen LogP contribution in [-0.4, -0.2) is 56.7 Å². The van der Waals surface area contributed by atoms with E-state index in [-0.39, 0.29) is 41.8 Å². The summed E-state index contributed by atoms with van der Waals surface area (Å²) in [6, 6.07) is 9.07. The Morgan fingerprint density at radius 1 is 1.03 bits per heavy atom. The average Bonchev–Trinajstić information content (AvgIpc) is 2.88. The van der Waals surface area contributed by atoms with Crippen LogP contribution in [0.15, 0.2) is 59.1 Å². The maximum Gasteiger partial charge on any atom is 0.417 e. The number of amides is 2. The molecule has 0 unspecified atom stereocenters. The van der Waals surface area contributed by atoms with Gasteiger partial charge < -0.3 is 35.6 Å². The molecule has 2 amide bonds. The first-order chi connectivity index (χ1) is 18.5. The highest BCUT2D eigenvalue weighted by molar-refractivity contribution is 6.24. The molecule has 202 valence electrons. The van der Waals surface area contributed by atoms with Crippen molar-refractivity contribution in [1.82, 2.24) is 0 Å². The first kappa shape index (κ1) is 25.8. The van der Waals surface area contributed by atoms with Gasteiger partial charge in [-0.25, -0.2) is 4.79 Å². The van der Waals surface area contributed by atoms with Crippen LogP contribution in [0.25, 0.3) is 0 Å². The van der Waals surface area contributed by atoms with Crippen LogP contribution in [-0.2, 0) is 16.0 Å². The molecule has 0 bridgehead atoms. The van der Waals surface area contributed by atoms with Crippen molar-refractivity contribution in [2.24, 2.45) is 17.6 Å². The lowest BCUT2D eigenvalue weighted by Crippen LogP contribution is -2.57. The van der Waals surface area contributed by atoms with Crippen LogP contribution < -0.4 is 20.5 Å². The predicted octanol–water partition coefficient (Wildman–Crippen LogP) is 2.20. The second-order valence-electron chi connectivity index (χ2n) is 9.60. The van der Waals surface area contributed by atoms with E-state index in [0.29, 0.717) is 11.3 Å². The number of methoxy groups -OCH3 is 1. The summed E-state index contributed by atoms with van der Waals surface area (Å²) in [6.07, 6.45) is -1.08. The van der Waals surface area contributed by atoms with Crippen molar-refractivity contribution in [3.63, 3.8) is 0 Å². The number of hydrogen-bond acceptors (Lipinski definition) is 10. The molecule has 5 rings (SSSR count). The van der Waals surface area contributed by atoms with E-state index in [0.717, 1.165) is 0 Å². The minimum Gasteiger partial charge on any atom is -0.511 e. The molecule has 0 saturated heterocycles. The Bertz CT molecular complexity index is 1510. The number of phenols is 1. The number of aliphatic hydroxyl groups is 3. The molecule has 0 spiro atoms. The number of rotatable bonds is 4. The number of hydrogen-bond donors (Lipinski definition) is 6. The zero-order valence-corrected chi connectivity index (χ0v) is 20.6. The van der Waals surface area contributed by atoms with Crippen molar-refractivity contribution >= 4 is 29.3 Å². The molecule has 0 aliphatic heterocycles. The normalized spacial score (nSPS) is 23.9. The summed E-state index contributed by atoms with van der Waals surface area (Å²) in [6.45, 7) is 0. The molecule has 0 aromatic heterocycles. The third kappa shape index (κ3) is 3.96. The van der Waals surface area contributed by atoms with E-state index in [1.54, 1.807) is 12.1 Å². The molecule has 2 aromatic rings. The summed E-state index contributed by atoms with van der Waals surface area (Å²) in [5.41, 5.74) is 1.45. The Morgan fingerprint density at radius 2 is 1.69 bits per heavy atom. The molecule has 7 N–H and O–H groups in total. The second kappa shape index (κ2) is 9.17. The van der Waals surface area contributed by atoms with Gasteiger partial charge in [0.25, 0.3) is 5.91 Å². The van der Waals surface area contributed by atoms with E-state index in [2.05, 4.69) is 5.32 Å². The molecule has 3 aliphatic rings. The van der Waals surface area contributed by atoms with Crippen molar-refractivity contribution in [1.29, 1.82) is 0 Å². The number of aliphatic hydroxyl groups excluding tert-OH is 2. The van der Waals surface area contributed by atoms with Crippen molar-refractivity contribution in [3.05, 3.63) is 70.2 Å². The van der Waals surface area contributed by atoms with Gasteiger partial charge in [-0.3, -0.25) is 19.7 Å². The van der Waals surface area contributed by atoms with E-state index < -0.39 is 63.8 Å². The fourth-order valence-electron chi connectivity index (χ4n) is 5.58. The van der Waals surface area contributed by atoms with Gasteiger partial charge in [-0.15, -0.1) is 0 Å². The van der Waals surface area contributed by atoms with Crippen molar-refractivity contribution in [2.75, 3.05) is 12.4 Å². The number of benzene rings is 2. The van der Waals surface area contributed by atoms with E-state index in [4.69, 9.17) is 15.2 Å². The number of primary amides is 1. The summed E-state index contributed by atoms with van der Waals surface area (Å²) >= 11 is 0. The lowest BCUT2D eigenvalue weighted by atomic mass is 9.60. The monoisotopic (exact) mass is 536 g/mol. The third-order valence-corrected chi connectivity index (χ3v) is 7.44. The summed E-state index contributed by atoms with van der Waals surface area (Å²) in [5, 5.41) is 45.8. The molecule has 0 saturated carbocycles. The molecular weight excluding hydrogens is 512 g/mol. The number of ketones is 2. The quantitative estimate of drug-likeness (QED) is 0.248. The van der Waals surface area contributed by atoms with Gasteiger partial charge in [-0.05, 0) is 54.7 Å². The molecule has 12 nitrogen and oxygen atoms in total. The fourth-order valence-corrected chi connectivity index (χ4v) is 5.58. The number of allylic oxidation sites excluding steroid dienone is 2. The Balaban J connectivity index is 1.47. The average molecular weight is 536 g/mol. The van der Waals surface area contributed by atoms with Gasteiger partial charge in [-0.2, -0.15) is 0 Å². The summed E-state index contributed by atoms with van der Waals surface area (Å²) in [7, 11) is 1.49. The molecule has 0 heterocycles. The smallest absolute Gasteiger partial charge is 0.417 e. The maximum atomic E-state index is 13.6. The highest BCUT2D eigenvalue weighted by Crippen LogP contribution is 2.51. The highest BCUT2D eigenvalue weighted by Gasteiger charge is 2.59. The molecule has 12 heteroatoms. The van der Waals surface area contributed by atoms with Crippen LogP contribution in [0, 0.1) is 11.8 Å². The third-order valence-electron chi connectivity index (χ3n) is 7.44. The van der Waals surface area contributed by atoms with Crippen molar-refractivity contribution in [2.45, 2.75) is 24.9 Å². The number of carbonyl (C=O) groups is 4. The minimum atomic E-state index is -2.65. The van der Waals surface area contributed by atoms with Crippen LogP contribution in [0.1, 0.15) is 28.8 Å². The maximum absolute atomic E-state index is 13.6. The Hall–Kier alpha value is -4.84. The number of nitrogens with one attached hydrogen (secondary N) is 1. The number of phenolic OH excluding ortho intramolecular Hbond substituents is 1. The van der Waals surface area contributed by atoms with Gasteiger partial charge in [0.05, 0.1) is 18.4 Å². The summed E-state index contributed by atoms with van der Waals surface area (Å²) in [4.78, 5) is 50.7. The Morgan fingerprint density at radius 3 is 2.33 bits per heavy atom. The molecule has 0 radical (unpaired) electrons. The summed E-state index contributed by atoms with van der Waals surface area (Å²) in [5.74, 6) is -6.49. The van der Waals surface area contributed by atoms with Crippen LogP contribution in [0.4, 0.5) is 10.5 Å². The van der Waals surface area contributed by atoms with Gasteiger partial charge in [0.1, 0.15) is 28.6 Å². The zero-order chi connectivity index (χ0) is 28.2. The first-order valence-corrected chi connectivity index (χ1v) is 11.9. The number of Topliss-reactive ketones (excluding diaryl/α,β-unsaturated/α-hetero) is 2. The number of fused-ring (bicyclic) bond motifs is 3. The van der Waals surface area contributed by atoms with Crippen molar-refractivity contribution in [3.8, 4) is 17.2 Å². The van der Waals surface area contributed by atoms with E-state index in [1.165, 1.54) is 31.4 Å². The lowest BCUT2D eigenvalue weighted by molar-refractivity contribution is -0.144. The van der Waals surface area contributed by atoms with Gasteiger partial charge in [-0.1, -0.05) is 6.07 Å². The van der Waals surface area contributed by atoms with E-state index >= 15 is 0 Å². The number of carbonyl (C=O) groups excluding carboxylic acids is 4. The second-order valence-corrected chi connectivity index (χ2v) is 9.60.